The zero-order valence-electron chi connectivity index (χ0n) is 11.3. The van der Waals surface area contributed by atoms with E-state index in [-0.39, 0.29) is 11.8 Å². The Hall–Kier alpha value is -1.60. The lowest BCUT2D eigenvalue weighted by molar-refractivity contribution is -0.137. The summed E-state index contributed by atoms with van der Waals surface area (Å²) < 4.78 is 37.5. The Morgan fingerprint density at radius 2 is 1.95 bits per heavy atom. The molecule has 3 nitrogen and oxygen atoms in total. The van der Waals surface area contributed by atoms with Crippen LogP contribution in [0.1, 0.15) is 11.3 Å². The molecule has 8 heteroatoms. The number of thiazole rings is 1. The maximum Gasteiger partial charge on any atom is 0.416 e. The van der Waals surface area contributed by atoms with E-state index < -0.39 is 11.7 Å². The topological polar surface area (TPSA) is 42.0 Å². The van der Waals surface area contributed by atoms with Gasteiger partial charge in [0.1, 0.15) is 10.9 Å². The van der Waals surface area contributed by atoms with E-state index in [4.69, 9.17) is 11.6 Å². The molecule has 1 amide bonds. The van der Waals surface area contributed by atoms with Crippen LogP contribution in [0.3, 0.4) is 0 Å². The molecule has 0 aliphatic heterocycles. The minimum atomic E-state index is -4.34. The SMILES string of the molecule is O=C(CCl)NCCc1csc(-c2ccc(C(F)(F)F)cc2)n1. The summed E-state index contributed by atoms with van der Waals surface area (Å²) in [5, 5.41) is 5.09. The lowest BCUT2D eigenvalue weighted by Crippen LogP contribution is -2.26. The second-order valence-corrected chi connectivity index (χ2v) is 5.58. The molecule has 0 saturated heterocycles. The minimum Gasteiger partial charge on any atom is -0.355 e. The van der Waals surface area contributed by atoms with Gasteiger partial charge in [0, 0.05) is 23.9 Å². The van der Waals surface area contributed by atoms with Crippen LogP contribution in [-0.4, -0.2) is 23.3 Å². The molecule has 0 spiro atoms. The van der Waals surface area contributed by atoms with Gasteiger partial charge < -0.3 is 5.32 Å². The van der Waals surface area contributed by atoms with E-state index >= 15 is 0 Å². The highest BCUT2D eigenvalue weighted by atomic mass is 35.5. The fraction of sp³-hybridized carbons (Fsp3) is 0.286. The summed E-state index contributed by atoms with van der Waals surface area (Å²) in [6.45, 7) is 0.418. The second kappa shape index (κ2) is 7.11. The number of hydrogen-bond acceptors (Lipinski definition) is 3. The Morgan fingerprint density at radius 1 is 1.27 bits per heavy atom. The fourth-order valence-electron chi connectivity index (χ4n) is 1.73. The first-order valence-corrected chi connectivity index (χ1v) is 7.76. The third-order valence-electron chi connectivity index (χ3n) is 2.84. The van der Waals surface area contributed by atoms with Crippen molar-refractivity contribution in [1.82, 2.24) is 10.3 Å². The summed E-state index contributed by atoms with van der Waals surface area (Å²) in [6, 6.07) is 4.88. The molecular formula is C14H12ClF3N2OS. The molecule has 1 aromatic carbocycles. The summed E-state index contributed by atoms with van der Waals surface area (Å²) in [4.78, 5) is 15.3. The smallest absolute Gasteiger partial charge is 0.355 e. The van der Waals surface area contributed by atoms with Crippen molar-refractivity contribution in [3.63, 3.8) is 0 Å². The van der Waals surface area contributed by atoms with Crippen molar-refractivity contribution < 1.29 is 18.0 Å². The quantitative estimate of drug-likeness (QED) is 0.837. The molecule has 0 unspecified atom stereocenters. The lowest BCUT2D eigenvalue weighted by Gasteiger charge is -2.06. The van der Waals surface area contributed by atoms with Crippen LogP contribution in [0.15, 0.2) is 29.6 Å². The maximum atomic E-state index is 12.5. The molecular weight excluding hydrogens is 337 g/mol. The number of amides is 1. The number of carbonyl (C=O) groups excluding carboxylic acids is 1. The first kappa shape index (κ1) is 16.8. The largest absolute Gasteiger partial charge is 0.416 e. The number of alkyl halides is 4. The van der Waals surface area contributed by atoms with Crippen LogP contribution < -0.4 is 5.32 Å². The van der Waals surface area contributed by atoms with Crippen molar-refractivity contribution in [2.75, 3.05) is 12.4 Å². The lowest BCUT2D eigenvalue weighted by atomic mass is 10.1. The van der Waals surface area contributed by atoms with Gasteiger partial charge in [0.05, 0.1) is 11.3 Å². The zero-order chi connectivity index (χ0) is 16.2. The Kier molecular flexibility index (Phi) is 5.42. The van der Waals surface area contributed by atoms with Crippen molar-refractivity contribution in [2.24, 2.45) is 0 Å². The number of carbonyl (C=O) groups is 1. The normalized spacial score (nSPS) is 11.5. The monoisotopic (exact) mass is 348 g/mol. The number of aromatic nitrogens is 1. The predicted molar refractivity (Wildman–Crippen MR) is 80.0 cm³/mol. The third kappa shape index (κ3) is 4.45. The Labute approximate surface area is 134 Å². The minimum absolute atomic E-state index is 0.0894. The Morgan fingerprint density at radius 3 is 2.55 bits per heavy atom. The highest BCUT2D eigenvalue weighted by Crippen LogP contribution is 2.31. The van der Waals surface area contributed by atoms with Gasteiger partial charge in [-0.1, -0.05) is 12.1 Å². The van der Waals surface area contributed by atoms with E-state index in [9.17, 15) is 18.0 Å². The van der Waals surface area contributed by atoms with Gasteiger partial charge in [-0.3, -0.25) is 4.79 Å². The van der Waals surface area contributed by atoms with E-state index in [1.807, 2.05) is 5.38 Å². The molecule has 0 aliphatic rings. The van der Waals surface area contributed by atoms with Gasteiger partial charge in [-0.25, -0.2) is 4.98 Å². The van der Waals surface area contributed by atoms with Gasteiger partial charge >= 0.3 is 6.18 Å². The van der Waals surface area contributed by atoms with Gasteiger partial charge in [-0.05, 0) is 12.1 Å². The summed E-state index contributed by atoms with van der Waals surface area (Å²) in [7, 11) is 0. The van der Waals surface area contributed by atoms with Gasteiger partial charge in [-0.15, -0.1) is 22.9 Å². The predicted octanol–water partition coefficient (Wildman–Crippen LogP) is 3.73. The van der Waals surface area contributed by atoms with Crippen LogP contribution in [0.5, 0.6) is 0 Å². The van der Waals surface area contributed by atoms with Crippen LogP contribution in [-0.2, 0) is 17.4 Å². The molecule has 2 rings (SSSR count). The van der Waals surface area contributed by atoms with Gasteiger partial charge in [0.25, 0.3) is 0 Å². The van der Waals surface area contributed by atoms with E-state index in [0.717, 1.165) is 17.8 Å². The summed E-state index contributed by atoms with van der Waals surface area (Å²) in [5.74, 6) is -0.340. The first-order valence-electron chi connectivity index (χ1n) is 6.35. The first-order chi connectivity index (χ1) is 10.4. The summed E-state index contributed by atoms with van der Waals surface area (Å²) in [6.07, 6.45) is -3.80. The Balaban J connectivity index is 2.00. The van der Waals surface area contributed by atoms with Gasteiger partial charge in [0.15, 0.2) is 0 Å². The van der Waals surface area contributed by atoms with Crippen LogP contribution in [0.2, 0.25) is 0 Å². The molecule has 0 fully saturated rings. The highest BCUT2D eigenvalue weighted by Gasteiger charge is 2.30. The number of rotatable bonds is 5. The molecule has 0 radical (unpaired) electrons. The molecule has 118 valence electrons. The molecule has 2 aromatic rings. The average molecular weight is 349 g/mol. The van der Waals surface area contributed by atoms with E-state index in [2.05, 4.69) is 10.3 Å². The van der Waals surface area contributed by atoms with Crippen molar-refractivity contribution in [3.8, 4) is 10.6 Å². The molecule has 0 bridgehead atoms. The Bertz CT molecular complexity index is 640. The molecule has 1 heterocycles. The molecule has 1 N–H and O–H groups in total. The molecule has 0 atom stereocenters. The molecule has 1 aromatic heterocycles. The van der Waals surface area contributed by atoms with Gasteiger partial charge in [-0.2, -0.15) is 13.2 Å². The average Bonchev–Trinajstić information content (AvgIpc) is 2.95. The second-order valence-electron chi connectivity index (χ2n) is 4.45. The number of benzene rings is 1. The van der Waals surface area contributed by atoms with Crippen LogP contribution >= 0.6 is 22.9 Å². The third-order valence-corrected chi connectivity index (χ3v) is 4.02. The van der Waals surface area contributed by atoms with Crippen LogP contribution in [0, 0.1) is 0 Å². The summed E-state index contributed by atoms with van der Waals surface area (Å²) in [5.41, 5.74) is 0.723. The molecule has 22 heavy (non-hydrogen) atoms. The number of halogens is 4. The fourth-order valence-corrected chi connectivity index (χ4v) is 2.69. The molecule has 0 saturated carbocycles. The maximum absolute atomic E-state index is 12.5. The number of nitrogens with one attached hydrogen (secondary N) is 1. The van der Waals surface area contributed by atoms with Crippen molar-refractivity contribution >= 4 is 28.8 Å². The zero-order valence-corrected chi connectivity index (χ0v) is 12.9. The molecule has 0 aliphatic carbocycles. The van der Waals surface area contributed by atoms with E-state index in [1.165, 1.54) is 23.5 Å². The van der Waals surface area contributed by atoms with Crippen molar-refractivity contribution in [2.45, 2.75) is 12.6 Å². The van der Waals surface area contributed by atoms with Crippen molar-refractivity contribution in [1.29, 1.82) is 0 Å². The van der Waals surface area contributed by atoms with Crippen LogP contribution in [0.25, 0.3) is 10.6 Å². The summed E-state index contributed by atoms with van der Waals surface area (Å²) >= 11 is 6.71. The number of hydrogen-bond donors (Lipinski definition) is 1. The van der Waals surface area contributed by atoms with Crippen molar-refractivity contribution in [3.05, 3.63) is 40.9 Å². The van der Waals surface area contributed by atoms with Gasteiger partial charge in [0.2, 0.25) is 5.91 Å². The van der Waals surface area contributed by atoms with E-state index in [0.29, 0.717) is 23.5 Å². The van der Waals surface area contributed by atoms with Crippen LogP contribution in [0.4, 0.5) is 13.2 Å². The number of nitrogens with zero attached hydrogens (tertiary/aromatic N) is 1. The van der Waals surface area contributed by atoms with E-state index in [1.54, 1.807) is 0 Å². The highest BCUT2D eigenvalue weighted by molar-refractivity contribution is 7.13. The standard InChI is InChI=1S/C14H12ClF3N2OS/c15-7-12(21)19-6-5-11-8-22-13(20-11)9-1-3-10(4-2-9)14(16,17)18/h1-4,8H,5-7H2,(H,19,21).